The van der Waals surface area contributed by atoms with Crippen LogP contribution in [0, 0.1) is 0 Å². The van der Waals surface area contributed by atoms with Crippen LogP contribution in [-0.4, -0.2) is 56.5 Å². The highest BCUT2D eigenvalue weighted by Gasteiger charge is 2.25. The minimum absolute atomic E-state index is 0.0759. The highest BCUT2D eigenvalue weighted by molar-refractivity contribution is 5.92. The minimum atomic E-state index is -0.155. The van der Waals surface area contributed by atoms with Crippen molar-refractivity contribution >= 4 is 5.91 Å². The van der Waals surface area contributed by atoms with Gasteiger partial charge < -0.3 is 5.32 Å². The first-order valence-corrected chi connectivity index (χ1v) is 11.6. The molecule has 1 unspecified atom stereocenters. The van der Waals surface area contributed by atoms with Gasteiger partial charge in [0.1, 0.15) is 5.69 Å². The van der Waals surface area contributed by atoms with Gasteiger partial charge >= 0.3 is 0 Å². The normalized spacial score (nSPS) is 18.0. The van der Waals surface area contributed by atoms with Gasteiger partial charge in [0.2, 0.25) is 0 Å². The van der Waals surface area contributed by atoms with Gasteiger partial charge in [0, 0.05) is 41.7 Å². The van der Waals surface area contributed by atoms with Crippen molar-refractivity contribution in [3.63, 3.8) is 0 Å². The maximum atomic E-state index is 12.6. The van der Waals surface area contributed by atoms with E-state index >= 15 is 0 Å². The Bertz CT molecular complexity index is 979. The number of carbonyl (C=O) groups excluding carboxylic acids is 1. The quantitative estimate of drug-likeness (QED) is 0.717. The van der Waals surface area contributed by atoms with E-state index in [-0.39, 0.29) is 28.3 Å². The molecule has 1 aliphatic heterocycles. The molecular weight excluding hydrogens is 404 g/mol. The van der Waals surface area contributed by atoms with Crippen molar-refractivity contribution in [3.05, 3.63) is 45.6 Å². The second kappa shape index (κ2) is 9.57. The molecule has 3 rings (SSSR count). The molecule has 0 saturated carbocycles. The van der Waals surface area contributed by atoms with E-state index in [9.17, 15) is 9.59 Å². The van der Waals surface area contributed by atoms with Gasteiger partial charge in [0.25, 0.3) is 11.5 Å². The van der Waals surface area contributed by atoms with E-state index in [1.165, 1.54) is 0 Å². The average Bonchev–Trinajstić information content (AvgIpc) is 3.22. The maximum Gasteiger partial charge on any atom is 0.271 e. The predicted octanol–water partition coefficient (Wildman–Crippen LogP) is 2.85. The number of hydrogen-bond donors (Lipinski definition) is 2. The lowest BCUT2D eigenvalue weighted by Crippen LogP contribution is -2.48. The molecular formula is C24H38N6O2. The number of amides is 1. The number of nitrogens with zero attached hydrogens (tertiary/aromatic N) is 4. The first-order valence-electron chi connectivity index (χ1n) is 11.6. The summed E-state index contributed by atoms with van der Waals surface area (Å²) in [7, 11) is 0. The number of rotatable bonds is 6. The Labute approximate surface area is 190 Å². The van der Waals surface area contributed by atoms with E-state index in [1.807, 2.05) is 12.1 Å². The highest BCUT2D eigenvalue weighted by atomic mass is 16.2. The van der Waals surface area contributed by atoms with Crippen LogP contribution in [0.4, 0.5) is 0 Å². The molecule has 2 N–H and O–H groups in total. The molecule has 0 bridgehead atoms. The fraction of sp³-hybridized carbons (Fsp3) is 0.667. The predicted molar refractivity (Wildman–Crippen MR) is 126 cm³/mol. The minimum Gasteiger partial charge on any atom is -0.349 e. The average molecular weight is 443 g/mol. The van der Waals surface area contributed by atoms with Crippen molar-refractivity contribution in [3.8, 4) is 0 Å². The first-order chi connectivity index (χ1) is 14.9. The molecule has 1 aliphatic rings. The van der Waals surface area contributed by atoms with Gasteiger partial charge in [-0.15, -0.1) is 0 Å². The molecule has 176 valence electrons. The van der Waals surface area contributed by atoms with Crippen LogP contribution in [0.3, 0.4) is 0 Å². The van der Waals surface area contributed by atoms with Crippen LogP contribution in [-0.2, 0) is 17.4 Å². The van der Waals surface area contributed by atoms with Gasteiger partial charge in [-0.1, -0.05) is 48.0 Å². The summed E-state index contributed by atoms with van der Waals surface area (Å²) in [6, 6.07) is 5.50. The summed E-state index contributed by atoms with van der Waals surface area (Å²) < 4.78 is 1.57. The summed E-state index contributed by atoms with van der Waals surface area (Å²) in [5.41, 5.74) is 2.01. The Morgan fingerprint density at radius 1 is 1.12 bits per heavy atom. The number of nitrogens with one attached hydrogen (secondary N) is 2. The Kier molecular flexibility index (Phi) is 7.22. The van der Waals surface area contributed by atoms with Gasteiger partial charge in [0.15, 0.2) is 0 Å². The zero-order valence-electron chi connectivity index (χ0n) is 20.4. The van der Waals surface area contributed by atoms with Crippen LogP contribution < -0.4 is 10.9 Å². The smallest absolute Gasteiger partial charge is 0.271 e. The number of piperidine rings is 1. The van der Waals surface area contributed by atoms with Crippen LogP contribution in [0.1, 0.15) is 82.7 Å². The standard InChI is InChI=1S/C24H38N6O2/c1-23(2,3)19-10-11-21(31)30(28-19)14-13-29-12-8-7-9-17(29)16-25-22(32)18-15-20(27-26-18)24(4,5)6/h10-11,15,17H,7-9,12-14,16H2,1-6H3,(H,25,32)(H,26,27). The van der Waals surface area contributed by atoms with Gasteiger partial charge in [-0.05, 0) is 31.5 Å². The summed E-state index contributed by atoms with van der Waals surface area (Å²) in [4.78, 5) is 27.3. The molecule has 0 aromatic carbocycles. The second-order valence-electron chi connectivity index (χ2n) is 10.8. The number of likely N-dealkylation sites (tertiary alicyclic amines) is 1. The molecule has 8 nitrogen and oxygen atoms in total. The molecule has 8 heteroatoms. The zero-order chi connectivity index (χ0) is 23.5. The van der Waals surface area contributed by atoms with Crippen LogP contribution in [0.25, 0.3) is 0 Å². The molecule has 32 heavy (non-hydrogen) atoms. The molecule has 1 amide bonds. The van der Waals surface area contributed by atoms with Crippen molar-refractivity contribution < 1.29 is 4.79 Å². The Morgan fingerprint density at radius 3 is 2.53 bits per heavy atom. The molecule has 2 aromatic rings. The van der Waals surface area contributed by atoms with Gasteiger partial charge in [-0.25, -0.2) is 4.68 Å². The van der Waals surface area contributed by atoms with E-state index < -0.39 is 0 Å². The third kappa shape index (κ3) is 6.06. The molecule has 3 heterocycles. The van der Waals surface area contributed by atoms with Crippen molar-refractivity contribution in [1.82, 2.24) is 30.2 Å². The van der Waals surface area contributed by atoms with Crippen molar-refractivity contribution in [2.24, 2.45) is 0 Å². The van der Waals surface area contributed by atoms with Crippen LogP contribution in [0.5, 0.6) is 0 Å². The third-order valence-electron chi connectivity index (χ3n) is 6.10. The molecule has 1 fully saturated rings. The Hall–Kier alpha value is -2.48. The van der Waals surface area contributed by atoms with Crippen LogP contribution >= 0.6 is 0 Å². The van der Waals surface area contributed by atoms with Gasteiger partial charge in [-0.3, -0.25) is 19.6 Å². The third-order valence-corrected chi connectivity index (χ3v) is 6.10. The number of carbonyl (C=O) groups is 1. The number of aromatic nitrogens is 4. The Balaban J connectivity index is 1.60. The van der Waals surface area contributed by atoms with E-state index in [4.69, 9.17) is 0 Å². The lowest BCUT2D eigenvalue weighted by molar-refractivity contribution is 0.0904. The number of H-pyrrole nitrogens is 1. The van der Waals surface area contributed by atoms with Crippen molar-refractivity contribution in [1.29, 1.82) is 0 Å². The molecule has 1 atom stereocenters. The zero-order valence-corrected chi connectivity index (χ0v) is 20.4. The summed E-state index contributed by atoms with van der Waals surface area (Å²) in [6.45, 7) is 15.3. The first kappa shape index (κ1) is 24.2. The second-order valence-corrected chi connectivity index (χ2v) is 10.8. The summed E-state index contributed by atoms with van der Waals surface area (Å²) >= 11 is 0. The van der Waals surface area contributed by atoms with Crippen LogP contribution in [0.2, 0.25) is 0 Å². The lowest BCUT2D eigenvalue weighted by Gasteiger charge is -2.35. The maximum absolute atomic E-state index is 12.6. The van der Waals surface area contributed by atoms with E-state index in [1.54, 1.807) is 10.7 Å². The topological polar surface area (TPSA) is 95.9 Å². The van der Waals surface area contributed by atoms with E-state index in [0.717, 1.165) is 43.7 Å². The molecule has 0 aliphatic carbocycles. The molecule has 0 spiro atoms. The molecule has 2 aromatic heterocycles. The Morgan fingerprint density at radius 2 is 1.88 bits per heavy atom. The van der Waals surface area contributed by atoms with Crippen LogP contribution in [0.15, 0.2) is 23.0 Å². The van der Waals surface area contributed by atoms with E-state index in [2.05, 4.69) is 67.1 Å². The fourth-order valence-corrected chi connectivity index (χ4v) is 3.94. The van der Waals surface area contributed by atoms with Crippen molar-refractivity contribution in [2.45, 2.75) is 84.2 Å². The summed E-state index contributed by atoms with van der Waals surface area (Å²) in [5.74, 6) is -0.155. The van der Waals surface area contributed by atoms with Gasteiger partial charge in [0.05, 0.1) is 12.2 Å². The monoisotopic (exact) mass is 442 g/mol. The van der Waals surface area contributed by atoms with Crippen molar-refractivity contribution in [2.75, 3.05) is 19.6 Å². The molecule has 1 saturated heterocycles. The van der Waals surface area contributed by atoms with Gasteiger partial charge in [-0.2, -0.15) is 10.2 Å². The fourth-order valence-electron chi connectivity index (χ4n) is 3.94. The SMILES string of the molecule is CC(C)(C)c1ccc(=O)n(CCN2CCCCC2CNC(=O)c2cc(C(C)(C)C)[nH]n2)n1. The molecule has 0 radical (unpaired) electrons. The number of hydrogen-bond acceptors (Lipinski definition) is 5. The summed E-state index contributed by atoms with van der Waals surface area (Å²) in [5, 5.41) is 14.8. The largest absolute Gasteiger partial charge is 0.349 e. The summed E-state index contributed by atoms with van der Waals surface area (Å²) in [6.07, 6.45) is 3.30. The van der Waals surface area contributed by atoms with E-state index in [0.29, 0.717) is 18.8 Å². The number of aromatic amines is 1. The highest BCUT2D eigenvalue weighted by Crippen LogP contribution is 2.21. The lowest BCUT2D eigenvalue weighted by atomic mass is 9.92.